The predicted molar refractivity (Wildman–Crippen MR) is 125 cm³/mol. The van der Waals surface area contributed by atoms with Gasteiger partial charge in [0.25, 0.3) is 5.91 Å². The van der Waals surface area contributed by atoms with Crippen LogP contribution in [0.4, 0.5) is 5.69 Å². The molecule has 4 rings (SSSR count). The molecule has 32 heavy (non-hydrogen) atoms. The Balaban J connectivity index is 1.37. The van der Waals surface area contributed by atoms with Gasteiger partial charge in [-0.25, -0.2) is 4.98 Å². The van der Waals surface area contributed by atoms with Crippen molar-refractivity contribution in [2.24, 2.45) is 0 Å². The molecule has 1 fully saturated rings. The summed E-state index contributed by atoms with van der Waals surface area (Å²) in [6.45, 7) is 1.63. The smallest absolute Gasteiger partial charge is 0.253 e. The number of nitrogens with one attached hydrogen (secondary N) is 1. The molecule has 1 aromatic heterocycles. The molecule has 0 radical (unpaired) electrons. The second-order valence-electron chi connectivity index (χ2n) is 7.52. The van der Waals surface area contributed by atoms with Gasteiger partial charge in [0.15, 0.2) is 11.5 Å². The van der Waals surface area contributed by atoms with Gasteiger partial charge in [0.1, 0.15) is 5.01 Å². The van der Waals surface area contributed by atoms with Crippen molar-refractivity contribution in [3.05, 3.63) is 59.1 Å². The predicted octanol–water partition coefficient (Wildman–Crippen LogP) is 4.24. The third-order valence-electron chi connectivity index (χ3n) is 5.33. The Morgan fingerprint density at radius 1 is 1.03 bits per heavy atom. The molecule has 0 saturated carbocycles. The summed E-state index contributed by atoms with van der Waals surface area (Å²) in [4.78, 5) is 31.4. The van der Waals surface area contributed by atoms with Crippen LogP contribution in [-0.4, -0.2) is 49.0 Å². The van der Waals surface area contributed by atoms with E-state index in [0.717, 1.165) is 36.5 Å². The molecule has 166 valence electrons. The van der Waals surface area contributed by atoms with E-state index >= 15 is 0 Å². The summed E-state index contributed by atoms with van der Waals surface area (Å²) in [5, 5.41) is 5.56. The van der Waals surface area contributed by atoms with Crippen LogP contribution < -0.4 is 14.8 Å². The summed E-state index contributed by atoms with van der Waals surface area (Å²) in [6.07, 6.45) is 2.28. The molecule has 2 aromatic carbocycles. The van der Waals surface area contributed by atoms with Gasteiger partial charge in [0, 0.05) is 35.3 Å². The van der Waals surface area contributed by atoms with Gasteiger partial charge in [-0.05, 0) is 55.3 Å². The van der Waals surface area contributed by atoms with Crippen LogP contribution in [0.1, 0.15) is 28.9 Å². The van der Waals surface area contributed by atoms with Crippen LogP contribution in [0.25, 0.3) is 10.6 Å². The summed E-state index contributed by atoms with van der Waals surface area (Å²) >= 11 is 1.47. The second-order valence-corrected chi connectivity index (χ2v) is 8.37. The van der Waals surface area contributed by atoms with E-state index in [1.807, 2.05) is 28.5 Å². The third-order valence-corrected chi connectivity index (χ3v) is 6.27. The van der Waals surface area contributed by atoms with Gasteiger partial charge in [-0.2, -0.15) is 0 Å². The zero-order chi connectivity index (χ0) is 22.5. The van der Waals surface area contributed by atoms with E-state index in [9.17, 15) is 9.59 Å². The lowest BCUT2D eigenvalue weighted by Gasteiger charge is -2.15. The number of ether oxygens (including phenoxy) is 2. The van der Waals surface area contributed by atoms with Crippen molar-refractivity contribution in [2.75, 3.05) is 32.6 Å². The molecule has 0 atom stereocenters. The lowest BCUT2D eigenvalue weighted by Crippen LogP contribution is -2.27. The van der Waals surface area contributed by atoms with E-state index < -0.39 is 0 Å². The first-order valence-corrected chi connectivity index (χ1v) is 11.3. The van der Waals surface area contributed by atoms with Gasteiger partial charge in [-0.1, -0.05) is 0 Å². The Kier molecular flexibility index (Phi) is 6.70. The Morgan fingerprint density at radius 3 is 2.44 bits per heavy atom. The number of aromatic nitrogens is 1. The lowest BCUT2D eigenvalue weighted by atomic mass is 10.2. The molecule has 0 aliphatic carbocycles. The van der Waals surface area contributed by atoms with E-state index in [4.69, 9.17) is 9.47 Å². The number of carbonyl (C=O) groups excluding carboxylic acids is 2. The molecular weight excluding hydrogens is 426 g/mol. The molecule has 7 nitrogen and oxygen atoms in total. The molecule has 2 amide bonds. The monoisotopic (exact) mass is 451 g/mol. The zero-order valence-corrected chi connectivity index (χ0v) is 18.9. The maximum atomic E-state index is 12.5. The molecular formula is C24H25N3O4S. The lowest BCUT2D eigenvalue weighted by molar-refractivity contribution is -0.115. The first kappa shape index (κ1) is 21.8. The molecule has 0 bridgehead atoms. The molecule has 1 aliphatic rings. The highest BCUT2D eigenvalue weighted by atomic mass is 32.1. The quantitative estimate of drug-likeness (QED) is 0.581. The van der Waals surface area contributed by atoms with Gasteiger partial charge in [-0.3, -0.25) is 9.59 Å². The largest absolute Gasteiger partial charge is 0.493 e. The van der Waals surface area contributed by atoms with Crippen LogP contribution in [0.5, 0.6) is 11.5 Å². The summed E-state index contributed by atoms with van der Waals surface area (Å²) in [7, 11) is 3.19. The van der Waals surface area contributed by atoms with Crippen LogP contribution >= 0.6 is 11.3 Å². The van der Waals surface area contributed by atoms with E-state index in [2.05, 4.69) is 10.3 Å². The van der Waals surface area contributed by atoms with Crippen LogP contribution in [0.3, 0.4) is 0 Å². The number of benzene rings is 2. The molecule has 2 heterocycles. The van der Waals surface area contributed by atoms with Gasteiger partial charge in [0.2, 0.25) is 5.91 Å². The number of methoxy groups -OCH3 is 2. The summed E-state index contributed by atoms with van der Waals surface area (Å²) in [5.41, 5.74) is 2.89. The molecule has 0 spiro atoms. The second kappa shape index (κ2) is 9.82. The van der Waals surface area contributed by atoms with Crippen molar-refractivity contribution in [1.29, 1.82) is 0 Å². The highest BCUT2D eigenvalue weighted by Crippen LogP contribution is 2.33. The van der Waals surface area contributed by atoms with E-state index in [1.165, 1.54) is 11.3 Å². The number of nitrogens with zero attached hydrogens (tertiary/aromatic N) is 2. The Labute approximate surface area is 191 Å². The van der Waals surface area contributed by atoms with E-state index in [0.29, 0.717) is 28.4 Å². The van der Waals surface area contributed by atoms with Crippen molar-refractivity contribution in [3.63, 3.8) is 0 Å². The molecule has 0 unspecified atom stereocenters. The average molecular weight is 452 g/mol. The van der Waals surface area contributed by atoms with Crippen molar-refractivity contribution in [3.8, 4) is 22.1 Å². The number of thiazole rings is 1. The highest BCUT2D eigenvalue weighted by Gasteiger charge is 2.19. The normalized spacial score (nSPS) is 13.1. The zero-order valence-electron chi connectivity index (χ0n) is 18.1. The number of amides is 2. The molecule has 1 saturated heterocycles. The standard InChI is InChI=1S/C24H25N3O4S/c1-30-20-10-7-17(13-21(20)31-2)23-26-19(15-32-23)14-22(28)25-18-8-5-16(6-9-18)24(29)27-11-3-4-12-27/h5-10,13,15H,3-4,11-12,14H2,1-2H3,(H,25,28). The number of hydrogen-bond donors (Lipinski definition) is 1. The molecule has 8 heteroatoms. The van der Waals surface area contributed by atoms with Crippen molar-refractivity contribution < 1.29 is 19.1 Å². The van der Waals surface area contributed by atoms with Crippen LogP contribution in [-0.2, 0) is 11.2 Å². The first-order chi connectivity index (χ1) is 15.6. The fraction of sp³-hybridized carbons (Fsp3) is 0.292. The first-order valence-electron chi connectivity index (χ1n) is 10.4. The Hall–Kier alpha value is -3.39. The van der Waals surface area contributed by atoms with Crippen LogP contribution in [0, 0.1) is 0 Å². The minimum Gasteiger partial charge on any atom is -0.493 e. The third kappa shape index (κ3) is 4.91. The van der Waals surface area contributed by atoms with E-state index in [1.54, 1.807) is 38.5 Å². The van der Waals surface area contributed by atoms with Crippen molar-refractivity contribution in [1.82, 2.24) is 9.88 Å². The summed E-state index contributed by atoms with van der Waals surface area (Å²) in [6, 6.07) is 12.7. The minimum atomic E-state index is -0.159. The van der Waals surface area contributed by atoms with Gasteiger partial charge in [-0.15, -0.1) is 11.3 Å². The number of likely N-dealkylation sites (tertiary alicyclic amines) is 1. The number of hydrogen-bond acceptors (Lipinski definition) is 6. The summed E-state index contributed by atoms with van der Waals surface area (Å²) in [5.74, 6) is 1.17. The van der Waals surface area contributed by atoms with Gasteiger partial charge >= 0.3 is 0 Å². The number of anilines is 1. The minimum absolute atomic E-state index is 0.0468. The maximum Gasteiger partial charge on any atom is 0.253 e. The summed E-state index contributed by atoms with van der Waals surface area (Å²) < 4.78 is 10.6. The highest BCUT2D eigenvalue weighted by molar-refractivity contribution is 7.13. The van der Waals surface area contributed by atoms with Gasteiger partial charge < -0.3 is 19.7 Å². The van der Waals surface area contributed by atoms with Gasteiger partial charge in [0.05, 0.1) is 26.3 Å². The van der Waals surface area contributed by atoms with Crippen molar-refractivity contribution >= 4 is 28.8 Å². The number of rotatable bonds is 7. The fourth-order valence-electron chi connectivity index (χ4n) is 3.66. The van der Waals surface area contributed by atoms with E-state index in [-0.39, 0.29) is 18.2 Å². The Morgan fingerprint density at radius 2 is 1.75 bits per heavy atom. The maximum absolute atomic E-state index is 12.5. The average Bonchev–Trinajstić information content (AvgIpc) is 3.51. The van der Waals surface area contributed by atoms with Crippen LogP contribution in [0.15, 0.2) is 47.8 Å². The Bertz CT molecular complexity index is 1100. The molecule has 1 aliphatic heterocycles. The SMILES string of the molecule is COc1ccc(-c2nc(CC(=O)Nc3ccc(C(=O)N4CCCC4)cc3)cs2)cc1OC. The fourth-order valence-corrected chi connectivity index (χ4v) is 4.48. The van der Waals surface area contributed by atoms with Crippen LogP contribution in [0.2, 0.25) is 0 Å². The van der Waals surface area contributed by atoms with Crippen molar-refractivity contribution in [2.45, 2.75) is 19.3 Å². The topological polar surface area (TPSA) is 80.8 Å². The molecule has 3 aromatic rings. The molecule has 1 N–H and O–H groups in total. The number of carbonyl (C=O) groups is 2.